The van der Waals surface area contributed by atoms with Crippen molar-refractivity contribution in [3.05, 3.63) is 58.9 Å². The smallest absolute Gasteiger partial charge is 0.193 e. The van der Waals surface area contributed by atoms with Gasteiger partial charge in [0.1, 0.15) is 0 Å². The van der Waals surface area contributed by atoms with Gasteiger partial charge in [-0.05, 0) is 42.7 Å². The Morgan fingerprint density at radius 3 is 3.14 bits per heavy atom. The second-order valence-electron chi connectivity index (χ2n) is 5.83. The molecule has 4 heteroatoms. The van der Waals surface area contributed by atoms with E-state index in [1.807, 2.05) is 17.6 Å². The predicted octanol–water partition coefficient (Wildman–Crippen LogP) is 3.62. The third-order valence-corrected chi connectivity index (χ3v) is 5.23. The van der Waals surface area contributed by atoms with E-state index in [0.29, 0.717) is 0 Å². The molecule has 1 aliphatic rings. The highest BCUT2D eigenvalue weighted by molar-refractivity contribution is 7.15. The molecule has 0 amide bonds. The van der Waals surface area contributed by atoms with E-state index >= 15 is 0 Å². The van der Waals surface area contributed by atoms with Crippen molar-refractivity contribution in [3.8, 4) is 0 Å². The van der Waals surface area contributed by atoms with E-state index in [1.165, 1.54) is 5.56 Å². The summed E-state index contributed by atoms with van der Waals surface area (Å²) in [5.74, 6) is 0.262. The lowest BCUT2D eigenvalue weighted by Gasteiger charge is -2.21. The maximum Gasteiger partial charge on any atom is 0.193 e. The van der Waals surface area contributed by atoms with Crippen molar-refractivity contribution < 1.29 is 5.11 Å². The van der Waals surface area contributed by atoms with Gasteiger partial charge in [-0.2, -0.15) is 0 Å². The van der Waals surface area contributed by atoms with E-state index in [1.54, 1.807) is 11.3 Å². The van der Waals surface area contributed by atoms with Crippen LogP contribution in [0.2, 0.25) is 0 Å². The Hall–Kier alpha value is -1.65. The number of hydrogen-bond acceptors (Lipinski definition) is 3. The molecule has 2 heterocycles. The Morgan fingerprint density at radius 1 is 1.33 bits per heavy atom. The summed E-state index contributed by atoms with van der Waals surface area (Å²) in [6.45, 7) is 0. The molecule has 0 spiro atoms. The molecule has 1 N–H and O–H groups in total. The second-order valence-corrected chi connectivity index (χ2v) is 6.70. The van der Waals surface area contributed by atoms with Gasteiger partial charge in [0, 0.05) is 17.8 Å². The van der Waals surface area contributed by atoms with Crippen molar-refractivity contribution >= 4 is 16.3 Å². The van der Waals surface area contributed by atoms with Gasteiger partial charge >= 0.3 is 0 Å². The normalized spacial score (nSPS) is 22.1. The van der Waals surface area contributed by atoms with Gasteiger partial charge in [0.05, 0.1) is 11.8 Å². The highest BCUT2D eigenvalue weighted by Gasteiger charge is 2.26. The first-order chi connectivity index (χ1) is 10.3. The van der Waals surface area contributed by atoms with Crippen LogP contribution in [0.3, 0.4) is 0 Å². The lowest BCUT2D eigenvalue weighted by Crippen LogP contribution is -2.14. The number of thiazole rings is 1. The Morgan fingerprint density at radius 2 is 2.24 bits per heavy atom. The largest absolute Gasteiger partial charge is 0.388 e. The first kappa shape index (κ1) is 13.0. The maximum atomic E-state index is 10.8. The molecule has 0 fully saturated rings. The average molecular weight is 298 g/mol. The Labute approximate surface area is 127 Å². The Kier molecular flexibility index (Phi) is 3.28. The van der Waals surface area contributed by atoms with Crippen LogP contribution in [0.5, 0.6) is 0 Å². The lowest BCUT2D eigenvalue weighted by molar-refractivity contribution is 0.104. The number of nitrogens with zero attached hydrogens (tertiary/aromatic N) is 2. The zero-order chi connectivity index (χ0) is 14.2. The van der Waals surface area contributed by atoms with Crippen LogP contribution in [-0.4, -0.2) is 14.5 Å². The molecule has 1 aromatic carbocycles. The van der Waals surface area contributed by atoms with Gasteiger partial charge in [0.15, 0.2) is 4.96 Å². The molecule has 21 heavy (non-hydrogen) atoms. The van der Waals surface area contributed by atoms with Crippen molar-refractivity contribution in [1.29, 1.82) is 0 Å². The average Bonchev–Trinajstić information content (AvgIpc) is 3.03. The number of aryl methyl sites for hydroxylation is 1. The summed E-state index contributed by atoms with van der Waals surface area (Å²) in [7, 11) is 0. The Bertz CT molecular complexity index is 732. The Balaban J connectivity index is 1.61. The molecule has 1 aliphatic carbocycles. The number of hydrogen-bond donors (Lipinski definition) is 1. The zero-order valence-corrected chi connectivity index (χ0v) is 12.6. The number of aromatic nitrogens is 2. The van der Waals surface area contributed by atoms with E-state index in [-0.39, 0.29) is 12.0 Å². The van der Waals surface area contributed by atoms with Crippen molar-refractivity contribution in [2.75, 3.05) is 0 Å². The second kappa shape index (κ2) is 5.28. The third-order valence-electron chi connectivity index (χ3n) is 4.46. The molecule has 4 rings (SSSR count). The number of aliphatic hydroxyl groups excluding tert-OH is 1. The fourth-order valence-corrected chi connectivity index (χ4v) is 4.09. The summed E-state index contributed by atoms with van der Waals surface area (Å²) in [4.78, 5) is 5.69. The van der Waals surface area contributed by atoms with Gasteiger partial charge < -0.3 is 5.11 Å². The van der Waals surface area contributed by atoms with Crippen molar-refractivity contribution in [1.82, 2.24) is 9.38 Å². The summed E-state index contributed by atoms with van der Waals surface area (Å²) in [5, 5.41) is 12.8. The standard InChI is InChI=1S/C17H18N2OS/c20-16-13(6-3-5-12-4-1-2-7-15(12)16)10-14-11-19-8-9-21-17(19)18-14/h1-2,4,7-9,11,13,16,20H,3,5-6,10H2. The summed E-state index contributed by atoms with van der Waals surface area (Å²) >= 11 is 1.65. The van der Waals surface area contributed by atoms with E-state index in [9.17, 15) is 5.11 Å². The van der Waals surface area contributed by atoms with Crippen molar-refractivity contribution in [3.63, 3.8) is 0 Å². The third kappa shape index (κ3) is 2.39. The summed E-state index contributed by atoms with van der Waals surface area (Å²) in [6.07, 6.45) is 7.88. The van der Waals surface area contributed by atoms with E-state index in [2.05, 4.69) is 33.8 Å². The number of fused-ring (bicyclic) bond motifs is 2. The number of rotatable bonds is 2. The van der Waals surface area contributed by atoms with Crippen molar-refractivity contribution in [2.24, 2.45) is 5.92 Å². The first-order valence-corrected chi connectivity index (χ1v) is 8.36. The predicted molar refractivity (Wildman–Crippen MR) is 84.6 cm³/mol. The minimum Gasteiger partial charge on any atom is -0.388 e. The van der Waals surface area contributed by atoms with Crippen LogP contribution in [0, 0.1) is 5.92 Å². The fourth-order valence-electron chi connectivity index (χ4n) is 3.37. The molecule has 0 radical (unpaired) electrons. The molecular weight excluding hydrogens is 280 g/mol. The summed E-state index contributed by atoms with van der Waals surface area (Å²) in [6, 6.07) is 8.31. The van der Waals surface area contributed by atoms with Gasteiger partial charge in [-0.15, -0.1) is 11.3 Å². The highest BCUT2D eigenvalue weighted by Crippen LogP contribution is 2.35. The van der Waals surface area contributed by atoms with Crippen LogP contribution in [0.4, 0.5) is 0 Å². The van der Waals surface area contributed by atoms with Crippen molar-refractivity contribution in [2.45, 2.75) is 31.8 Å². The van der Waals surface area contributed by atoms with E-state index in [4.69, 9.17) is 0 Å². The molecule has 3 nitrogen and oxygen atoms in total. The van der Waals surface area contributed by atoms with Gasteiger partial charge in [0.2, 0.25) is 0 Å². The van der Waals surface area contributed by atoms with Gasteiger partial charge in [-0.25, -0.2) is 4.98 Å². The molecule has 2 atom stereocenters. The lowest BCUT2D eigenvalue weighted by atomic mass is 9.90. The minimum atomic E-state index is -0.372. The van der Waals surface area contributed by atoms with Crippen LogP contribution in [0.1, 0.15) is 35.8 Å². The molecule has 2 aromatic heterocycles. The van der Waals surface area contributed by atoms with Crippen LogP contribution in [-0.2, 0) is 12.8 Å². The van der Waals surface area contributed by atoms with E-state index in [0.717, 1.165) is 41.9 Å². The molecule has 0 saturated heterocycles. The van der Waals surface area contributed by atoms with Crippen LogP contribution in [0.15, 0.2) is 42.0 Å². The van der Waals surface area contributed by atoms with Gasteiger partial charge in [0.25, 0.3) is 0 Å². The number of benzene rings is 1. The number of imidazole rings is 1. The van der Waals surface area contributed by atoms with Crippen LogP contribution < -0.4 is 0 Å². The molecule has 2 unspecified atom stereocenters. The van der Waals surface area contributed by atoms with Crippen LogP contribution >= 0.6 is 11.3 Å². The topological polar surface area (TPSA) is 37.5 Å². The molecule has 0 aliphatic heterocycles. The molecule has 0 saturated carbocycles. The van der Waals surface area contributed by atoms with E-state index < -0.39 is 0 Å². The minimum absolute atomic E-state index is 0.262. The quantitative estimate of drug-likeness (QED) is 0.734. The fraction of sp³-hybridized carbons (Fsp3) is 0.353. The summed E-state index contributed by atoms with van der Waals surface area (Å²) in [5.41, 5.74) is 3.50. The highest BCUT2D eigenvalue weighted by atomic mass is 32.1. The monoisotopic (exact) mass is 298 g/mol. The zero-order valence-electron chi connectivity index (χ0n) is 11.8. The van der Waals surface area contributed by atoms with Crippen LogP contribution in [0.25, 0.3) is 4.96 Å². The summed E-state index contributed by atoms with van der Waals surface area (Å²) < 4.78 is 2.07. The molecule has 0 bridgehead atoms. The van der Waals surface area contributed by atoms with Gasteiger partial charge in [-0.1, -0.05) is 24.3 Å². The maximum absolute atomic E-state index is 10.8. The number of aliphatic hydroxyl groups is 1. The SMILES string of the molecule is OC1c2ccccc2CCCC1Cc1cn2ccsc2n1. The molecular formula is C17H18N2OS. The molecule has 108 valence electrons. The molecule has 3 aromatic rings. The van der Waals surface area contributed by atoms with Gasteiger partial charge in [-0.3, -0.25) is 4.40 Å². The first-order valence-electron chi connectivity index (χ1n) is 7.48.